The quantitative estimate of drug-likeness (QED) is 0.190. The second kappa shape index (κ2) is 13.2. The number of ether oxygens (including phenoxy) is 1. The maximum Gasteiger partial charge on any atom is 0.191 e. The molecule has 0 spiro atoms. The lowest BCUT2D eigenvalue weighted by Gasteiger charge is -2.16. The molecule has 1 rings (SSSR count). The standard InChI is InChI=1S/C15H31N3O3S.HI/c1-16-15(17-10-7-13-22(2,19)20)18-11-12-21-14-8-5-3-4-6-9-14;/h14H,3-13H2,1-2H3,(H2,16,17,18);1H. The number of nitrogens with zero attached hydrogens (tertiary/aromatic N) is 1. The average Bonchev–Trinajstić information content (AvgIpc) is 2.73. The first kappa shape index (κ1) is 22.9. The van der Waals surface area contributed by atoms with E-state index in [2.05, 4.69) is 15.6 Å². The Labute approximate surface area is 158 Å². The number of aliphatic imine (C=N–C) groups is 1. The molecule has 2 N–H and O–H groups in total. The van der Waals surface area contributed by atoms with Crippen LogP contribution in [0.15, 0.2) is 4.99 Å². The lowest BCUT2D eigenvalue weighted by molar-refractivity contribution is 0.0468. The zero-order valence-electron chi connectivity index (χ0n) is 14.3. The van der Waals surface area contributed by atoms with Crippen LogP contribution in [-0.2, 0) is 14.6 Å². The Balaban J connectivity index is 0.00000484. The molecular weight excluding hydrogens is 429 g/mol. The van der Waals surface area contributed by atoms with Crippen molar-refractivity contribution in [1.29, 1.82) is 0 Å². The predicted molar refractivity (Wildman–Crippen MR) is 107 cm³/mol. The van der Waals surface area contributed by atoms with Crippen molar-refractivity contribution in [2.45, 2.75) is 51.0 Å². The molecule has 138 valence electrons. The number of guanidine groups is 1. The summed E-state index contributed by atoms with van der Waals surface area (Å²) < 4.78 is 28.0. The molecule has 0 aliphatic heterocycles. The normalized spacial score (nSPS) is 17.2. The van der Waals surface area contributed by atoms with Gasteiger partial charge in [-0.1, -0.05) is 25.7 Å². The topological polar surface area (TPSA) is 79.8 Å². The van der Waals surface area contributed by atoms with Crippen LogP contribution in [0.25, 0.3) is 0 Å². The molecule has 0 aromatic heterocycles. The molecule has 1 aliphatic rings. The maximum atomic E-state index is 11.0. The van der Waals surface area contributed by atoms with Gasteiger partial charge in [0.2, 0.25) is 0 Å². The minimum atomic E-state index is -2.89. The molecule has 23 heavy (non-hydrogen) atoms. The molecule has 1 aliphatic carbocycles. The molecule has 6 nitrogen and oxygen atoms in total. The lowest BCUT2D eigenvalue weighted by atomic mass is 10.1. The zero-order valence-corrected chi connectivity index (χ0v) is 17.5. The SMILES string of the molecule is CN=C(NCCCS(C)(=O)=O)NCCOC1CCCCCC1.I. The summed E-state index contributed by atoms with van der Waals surface area (Å²) in [5.74, 6) is 0.889. The van der Waals surface area contributed by atoms with Crippen LogP contribution in [0.3, 0.4) is 0 Å². The number of halogens is 1. The molecule has 0 bridgehead atoms. The Morgan fingerprint density at radius 2 is 1.74 bits per heavy atom. The summed E-state index contributed by atoms with van der Waals surface area (Å²) >= 11 is 0. The Bertz CT molecular complexity index is 422. The third kappa shape index (κ3) is 12.9. The minimum absolute atomic E-state index is 0. The maximum absolute atomic E-state index is 11.0. The average molecular weight is 461 g/mol. The van der Waals surface area contributed by atoms with Gasteiger partial charge in [0.1, 0.15) is 9.84 Å². The fourth-order valence-corrected chi connectivity index (χ4v) is 3.23. The summed E-state index contributed by atoms with van der Waals surface area (Å²) in [6.07, 6.45) is 9.84. The number of rotatable bonds is 8. The van der Waals surface area contributed by atoms with E-state index in [9.17, 15) is 8.42 Å². The van der Waals surface area contributed by atoms with Gasteiger partial charge in [0.05, 0.1) is 18.5 Å². The van der Waals surface area contributed by atoms with Crippen molar-refractivity contribution < 1.29 is 13.2 Å². The van der Waals surface area contributed by atoms with Crippen molar-refractivity contribution in [3.05, 3.63) is 0 Å². The molecule has 1 saturated carbocycles. The van der Waals surface area contributed by atoms with Gasteiger partial charge in [0, 0.05) is 26.4 Å². The summed E-state index contributed by atoms with van der Waals surface area (Å²) in [5.41, 5.74) is 0. The highest BCUT2D eigenvalue weighted by Gasteiger charge is 2.12. The third-order valence-electron chi connectivity index (χ3n) is 3.76. The predicted octanol–water partition coefficient (Wildman–Crippen LogP) is 1.94. The number of hydrogen-bond acceptors (Lipinski definition) is 4. The first-order valence-corrected chi connectivity index (χ1v) is 10.3. The van der Waals surface area contributed by atoms with E-state index < -0.39 is 9.84 Å². The second-order valence-corrected chi connectivity index (χ2v) is 8.15. The molecule has 8 heteroatoms. The summed E-state index contributed by atoms with van der Waals surface area (Å²) in [5, 5.41) is 6.30. The molecular formula is C15H32IN3O3S. The largest absolute Gasteiger partial charge is 0.376 e. The highest BCUT2D eigenvalue weighted by Crippen LogP contribution is 2.19. The summed E-state index contributed by atoms with van der Waals surface area (Å²) in [7, 11) is -1.18. The van der Waals surface area contributed by atoms with E-state index in [1.54, 1.807) is 7.05 Å². The lowest BCUT2D eigenvalue weighted by Crippen LogP contribution is -2.40. The van der Waals surface area contributed by atoms with Crippen LogP contribution in [-0.4, -0.2) is 59.2 Å². The van der Waals surface area contributed by atoms with Crippen molar-refractivity contribution >= 4 is 39.8 Å². The van der Waals surface area contributed by atoms with E-state index in [0.717, 1.165) is 0 Å². The van der Waals surface area contributed by atoms with Crippen LogP contribution in [0.2, 0.25) is 0 Å². The molecule has 0 heterocycles. The van der Waals surface area contributed by atoms with Crippen LogP contribution in [0.5, 0.6) is 0 Å². The van der Waals surface area contributed by atoms with Crippen LogP contribution in [0.4, 0.5) is 0 Å². The Morgan fingerprint density at radius 1 is 1.13 bits per heavy atom. The van der Waals surface area contributed by atoms with Crippen LogP contribution < -0.4 is 10.6 Å². The van der Waals surface area contributed by atoms with Crippen LogP contribution in [0, 0.1) is 0 Å². The van der Waals surface area contributed by atoms with Gasteiger partial charge in [-0.25, -0.2) is 8.42 Å². The van der Waals surface area contributed by atoms with Crippen molar-refractivity contribution in [2.75, 3.05) is 38.8 Å². The fourth-order valence-electron chi connectivity index (χ4n) is 2.57. The van der Waals surface area contributed by atoms with Crippen molar-refractivity contribution in [3.63, 3.8) is 0 Å². The number of sulfone groups is 1. The van der Waals surface area contributed by atoms with Gasteiger partial charge in [-0.05, 0) is 19.3 Å². The molecule has 0 saturated heterocycles. The van der Waals surface area contributed by atoms with E-state index in [1.165, 1.54) is 44.8 Å². The van der Waals surface area contributed by atoms with Gasteiger partial charge in [0.25, 0.3) is 0 Å². The van der Waals surface area contributed by atoms with Crippen molar-refractivity contribution in [2.24, 2.45) is 4.99 Å². The van der Waals surface area contributed by atoms with E-state index in [0.29, 0.717) is 38.2 Å². The molecule has 0 radical (unpaired) electrons. The number of hydrogen-bond donors (Lipinski definition) is 2. The molecule has 0 unspecified atom stereocenters. The first-order chi connectivity index (χ1) is 10.5. The Morgan fingerprint density at radius 3 is 2.30 bits per heavy atom. The minimum Gasteiger partial charge on any atom is -0.376 e. The molecule has 0 aromatic carbocycles. The van der Waals surface area contributed by atoms with Gasteiger partial charge in [-0.2, -0.15) is 0 Å². The van der Waals surface area contributed by atoms with Gasteiger partial charge < -0.3 is 15.4 Å². The van der Waals surface area contributed by atoms with E-state index in [1.807, 2.05) is 0 Å². The van der Waals surface area contributed by atoms with E-state index >= 15 is 0 Å². The van der Waals surface area contributed by atoms with E-state index in [-0.39, 0.29) is 29.7 Å². The third-order valence-corrected chi connectivity index (χ3v) is 4.79. The van der Waals surface area contributed by atoms with Crippen LogP contribution in [0.1, 0.15) is 44.9 Å². The zero-order chi connectivity index (χ0) is 16.3. The van der Waals surface area contributed by atoms with E-state index in [4.69, 9.17) is 4.74 Å². The molecule has 0 aromatic rings. The fraction of sp³-hybridized carbons (Fsp3) is 0.933. The molecule has 0 amide bonds. The first-order valence-electron chi connectivity index (χ1n) is 8.25. The number of nitrogens with one attached hydrogen (secondary N) is 2. The summed E-state index contributed by atoms with van der Waals surface area (Å²) in [6.45, 7) is 1.98. The Hall–Kier alpha value is -0.0900. The van der Waals surface area contributed by atoms with Gasteiger partial charge in [-0.15, -0.1) is 24.0 Å². The highest BCUT2D eigenvalue weighted by atomic mass is 127. The summed E-state index contributed by atoms with van der Waals surface area (Å²) in [6, 6.07) is 0. The second-order valence-electron chi connectivity index (χ2n) is 5.89. The molecule has 1 fully saturated rings. The highest BCUT2D eigenvalue weighted by molar-refractivity contribution is 14.0. The summed E-state index contributed by atoms with van der Waals surface area (Å²) in [4.78, 5) is 4.11. The van der Waals surface area contributed by atoms with Crippen molar-refractivity contribution in [3.8, 4) is 0 Å². The monoisotopic (exact) mass is 461 g/mol. The molecule has 0 atom stereocenters. The van der Waals surface area contributed by atoms with Crippen molar-refractivity contribution in [1.82, 2.24) is 10.6 Å². The van der Waals surface area contributed by atoms with Gasteiger partial charge >= 0.3 is 0 Å². The van der Waals surface area contributed by atoms with Gasteiger partial charge in [0.15, 0.2) is 5.96 Å². The van der Waals surface area contributed by atoms with Gasteiger partial charge in [-0.3, -0.25) is 4.99 Å². The smallest absolute Gasteiger partial charge is 0.191 e. The Kier molecular flexibility index (Phi) is 13.2. The van der Waals surface area contributed by atoms with Crippen LogP contribution >= 0.6 is 24.0 Å².